The first-order valence-electron chi connectivity index (χ1n) is 11.9. The minimum Gasteiger partial charge on any atom is -0.369 e. The maximum absolute atomic E-state index is 12.9. The lowest BCUT2D eigenvalue weighted by Crippen LogP contribution is -2.46. The van der Waals surface area contributed by atoms with Crippen LogP contribution in [0.3, 0.4) is 0 Å². The second kappa shape index (κ2) is 10.6. The Labute approximate surface area is 201 Å². The molecule has 0 atom stereocenters. The number of rotatable bonds is 5. The molecule has 2 fully saturated rings. The number of piperazine rings is 1. The summed E-state index contributed by atoms with van der Waals surface area (Å²) in [6, 6.07) is 13.2. The van der Waals surface area contributed by atoms with E-state index in [1.165, 1.54) is 11.3 Å². The van der Waals surface area contributed by atoms with Crippen LogP contribution in [0.15, 0.2) is 42.5 Å². The zero-order chi connectivity index (χ0) is 23.4. The molecule has 4 rings (SSSR count). The zero-order valence-electron chi connectivity index (χ0n) is 19.5. The molecule has 0 spiro atoms. The maximum atomic E-state index is 12.9. The minimum absolute atomic E-state index is 0.00323. The Hall–Kier alpha value is -2.57. The lowest BCUT2D eigenvalue weighted by atomic mass is 9.95. The van der Waals surface area contributed by atoms with Crippen LogP contribution in [0.4, 0.5) is 11.4 Å². The van der Waals surface area contributed by atoms with Crippen molar-refractivity contribution in [3.8, 4) is 0 Å². The smallest absolute Gasteiger partial charge is 0.253 e. The van der Waals surface area contributed by atoms with E-state index in [1.54, 1.807) is 24.3 Å². The summed E-state index contributed by atoms with van der Waals surface area (Å²) in [4.78, 5) is 32.3. The quantitative estimate of drug-likeness (QED) is 0.711. The molecule has 2 saturated heterocycles. The molecule has 2 amide bonds. The van der Waals surface area contributed by atoms with Crippen molar-refractivity contribution in [1.29, 1.82) is 0 Å². The van der Waals surface area contributed by atoms with Crippen LogP contribution in [0.5, 0.6) is 0 Å². The van der Waals surface area contributed by atoms with E-state index >= 15 is 0 Å². The Balaban J connectivity index is 1.29. The van der Waals surface area contributed by atoms with Crippen molar-refractivity contribution in [2.45, 2.75) is 26.7 Å². The lowest BCUT2D eigenvalue weighted by Gasteiger charge is -2.36. The Morgan fingerprint density at radius 3 is 2.24 bits per heavy atom. The van der Waals surface area contributed by atoms with Crippen LogP contribution >= 0.6 is 11.6 Å². The van der Waals surface area contributed by atoms with Crippen molar-refractivity contribution in [2.24, 2.45) is 5.92 Å². The van der Waals surface area contributed by atoms with Gasteiger partial charge in [0.05, 0.1) is 0 Å². The van der Waals surface area contributed by atoms with Gasteiger partial charge in [-0.05, 0) is 74.3 Å². The molecule has 176 valence electrons. The predicted octanol–water partition coefficient (Wildman–Crippen LogP) is 4.28. The normalized spacial score (nSPS) is 17.8. The van der Waals surface area contributed by atoms with Gasteiger partial charge in [0.2, 0.25) is 5.91 Å². The van der Waals surface area contributed by atoms with Crippen molar-refractivity contribution in [2.75, 3.05) is 56.0 Å². The summed E-state index contributed by atoms with van der Waals surface area (Å²) in [5, 5.41) is 3.71. The van der Waals surface area contributed by atoms with E-state index in [4.69, 9.17) is 11.6 Å². The first kappa shape index (κ1) is 23.6. The average Bonchev–Trinajstić information content (AvgIpc) is 2.84. The zero-order valence-corrected chi connectivity index (χ0v) is 20.3. The molecule has 2 aliphatic rings. The van der Waals surface area contributed by atoms with Crippen molar-refractivity contribution in [3.63, 3.8) is 0 Å². The molecule has 0 aromatic heterocycles. The third kappa shape index (κ3) is 5.68. The molecule has 2 aromatic rings. The van der Waals surface area contributed by atoms with E-state index in [9.17, 15) is 9.59 Å². The molecule has 6 nitrogen and oxygen atoms in total. The van der Waals surface area contributed by atoms with Crippen molar-refractivity contribution in [3.05, 3.63) is 58.6 Å². The Bertz CT molecular complexity index is 978. The van der Waals surface area contributed by atoms with Crippen molar-refractivity contribution < 1.29 is 9.59 Å². The van der Waals surface area contributed by atoms with E-state index in [1.807, 2.05) is 11.0 Å². The van der Waals surface area contributed by atoms with Crippen LogP contribution in [0.25, 0.3) is 0 Å². The second-order valence-corrected chi connectivity index (χ2v) is 9.42. The molecule has 0 saturated carbocycles. The third-order valence-corrected chi connectivity index (χ3v) is 7.12. The summed E-state index contributed by atoms with van der Waals surface area (Å²) in [5.41, 5.74) is 3.90. The number of hydrogen-bond acceptors (Lipinski definition) is 4. The highest BCUT2D eigenvalue weighted by Gasteiger charge is 2.28. The summed E-state index contributed by atoms with van der Waals surface area (Å²) in [6.07, 6.45) is 1.34. The molecule has 2 aromatic carbocycles. The predicted molar refractivity (Wildman–Crippen MR) is 134 cm³/mol. The van der Waals surface area contributed by atoms with Gasteiger partial charge in [-0.3, -0.25) is 9.59 Å². The van der Waals surface area contributed by atoms with Crippen LogP contribution in [-0.2, 0) is 4.79 Å². The first-order chi connectivity index (χ1) is 15.9. The Kier molecular flexibility index (Phi) is 7.56. The summed E-state index contributed by atoms with van der Waals surface area (Å²) in [5.74, 6) is -0.0461. The van der Waals surface area contributed by atoms with E-state index in [0.717, 1.165) is 38.4 Å². The largest absolute Gasteiger partial charge is 0.369 e. The number of nitrogens with one attached hydrogen (secondary N) is 1. The number of piperidine rings is 1. The van der Waals surface area contributed by atoms with Gasteiger partial charge in [-0.1, -0.05) is 18.5 Å². The van der Waals surface area contributed by atoms with E-state index in [-0.39, 0.29) is 17.7 Å². The number of likely N-dealkylation sites (tertiary alicyclic amines) is 1. The molecule has 0 aliphatic carbocycles. The average molecular weight is 469 g/mol. The van der Waals surface area contributed by atoms with Crippen LogP contribution in [0.1, 0.15) is 35.7 Å². The maximum Gasteiger partial charge on any atom is 0.253 e. The SMILES string of the molecule is CCN1CCN(c2ccc(NC(=O)C3CCN(C(=O)c4ccc(Cl)cc4)CC3)cc2C)CC1. The molecule has 0 unspecified atom stereocenters. The molecule has 7 heteroatoms. The van der Waals surface area contributed by atoms with Crippen LogP contribution in [0, 0.1) is 12.8 Å². The number of anilines is 2. The van der Waals surface area contributed by atoms with E-state index < -0.39 is 0 Å². The second-order valence-electron chi connectivity index (χ2n) is 8.99. The molecule has 0 radical (unpaired) electrons. The molecule has 2 aliphatic heterocycles. The minimum atomic E-state index is -0.0821. The van der Waals surface area contributed by atoms with Gasteiger partial charge in [0.25, 0.3) is 5.91 Å². The van der Waals surface area contributed by atoms with Crippen LogP contribution in [0.2, 0.25) is 5.02 Å². The Morgan fingerprint density at radius 2 is 1.64 bits per heavy atom. The number of amides is 2. The van der Waals surface area contributed by atoms with Gasteiger partial charge >= 0.3 is 0 Å². The van der Waals surface area contributed by atoms with Gasteiger partial charge < -0.3 is 20.0 Å². The topological polar surface area (TPSA) is 55.9 Å². The summed E-state index contributed by atoms with van der Waals surface area (Å²) in [7, 11) is 0. The molecule has 1 N–H and O–H groups in total. The molecule has 33 heavy (non-hydrogen) atoms. The van der Waals surface area contributed by atoms with Gasteiger partial charge in [-0.25, -0.2) is 0 Å². The highest BCUT2D eigenvalue weighted by Crippen LogP contribution is 2.26. The van der Waals surface area contributed by atoms with Gasteiger partial charge in [-0.2, -0.15) is 0 Å². The highest BCUT2D eigenvalue weighted by atomic mass is 35.5. The molecule has 0 bridgehead atoms. The fraction of sp³-hybridized carbons (Fsp3) is 0.462. The number of carbonyl (C=O) groups excluding carboxylic acids is 2. The van der Waals surface area contributed by atoms with E-state index in [0.29, 0.717) is 36.5 Å². The molecular formula is C26H33ClN4O2. The number of benzene rings is 2. The number of hydrogen-bond donors (Lipinski definition) is 1. The van der Waals surface area contributed by atoms with Gasteiger partial charge in [0.1, 0.15) is 0 Å². The number of nitrogens with zero attached hydrogens (tertiary/aromatic N) is 3. The number of carbonyl (C=O) groups is 2. The monoisotopic (exact) mass is 468 g/mol. The Morgan fingerprint density at radius 1 is 0.970 bits per heavy atom. The fourth-order valence-electron chi connectivity index (χ4n) is 4.76. The lowest BCUT2D eigenvalue weighted by molar-refractivity contribution is -0.121. The third-order valence-electron chi connectivity index (χ3n) is 6.87. The van der Waals surface area contributed by atoms with E-state index in [2.05, 4.69) is 41.1 Å². The van der Waals surface area contributed by atoms with Gasteiger partial charge in [-0.15, -0.1) is 0 Å². The van der Waals surface area contributed by atoms with Crippen molar-refractivity contribution >= 4 is 34.8 Å². The van der Waals surface area contributed by atoms with Gasteiger partial charge in [0, 0.05) is 67.1 Å². The highest BCUT2D eigenvalue weighted by molar-refractivity contribution is 6.30. The standard InChI is InChI=1S/C26H33ClN4O2/c1-3-29-14-16-30(17-15-29)24-9-8-23(18-19(24)2)28-25(32)20-10-12-31(13-11-20)26(33)21-4-6-22(27)7-5-21/h4-9,18,20H,3,10-17H2,1-2H3,(H,28,32). The van der Waals surface area contributed by atoms with Crippen LogP contribution in [-0.4, -0.2) is 67.4 Å². The summed E-state index contributed by atoms with van der Waals surface area (Å²) < 4.78 is 0. The number of halogens is 1. The number of aryl methyl sites for hydroxylation is 1. The van der Waals surface area contributed by atoms with Gasteiger partial charge in [0.15, 0.2) is 0 Å². The summed E-state index contributed by atoms with van der Waals surface area (Å²) in [6.45, 7) is 10.8. The molecule has 2 heterocycles. The summed E-state index contributed by atoms with van der Waals surface area (Å²) >= 11 is 5.92. The van der Waals surface area contributed by atoms with Crippen LogP contribution < -0.4 is 10.2 Å². The number of likely N-dealkylation sites (N-methyl/N-ethyl adjacent to an activating group) is 1. The fourth-order valence-corrected chi connectivity index (χ4v) is 4.88. The molecular weight excluding hydrogens is 436 g/mol. The first-order valence-corrected chi connectivity index (χ1v) is 12.3. The van der Waals surface area contributed by atoms with Crippen molar-refractivity contribution in [1.82, 2.24) is 9.80 Å².